The van der Waals surface area contributed by atoms with Gasteiger partial charge in [-0.05, 0) is 24.8 Å². The fourth-order valence-electron chi connectivity index (χ4n) is 3.02. The van der Waals surface area contributed by atoms with Gasteiger partial charge >= 0.3 is 0 Å². The number of carbonyl (C=O) groups is 1. The molecular formula is C17H20N4O. The van der Waals surface area contributed by atoms with Crippen LogP contribution >= 0.6 is 0 Å². The molecule has 0 unspecified atom stereocenters. The first-order valence-electron chi connectivity index (χ1n) is 7.93. The van der Waals surface area contributed by atoms with Crippen molar-refractivity contribution >= 4 is 11.7 Å². The highest BCUT2D eigenvalue weighted by atomic mass is 16.2. The average Bonchev–Trinajstić information content (AvgIpc) is 3.32. The van der Waals surface area contributed by atoms with E-state index in [0.717, 1.165) is 50.4 Å². The molecule has 0 saturated heterocycles. The van der Waals surface area contributed by atoms with Crippen LogP contribution in [0, 0.1) is 5.92 Å². The number of nitrogens with one attached hydrogen (secondary N) is 2. The Kier molecular flexibility index (Phi) is 3.42. The number of H-pyrrole nitrogens is 1. The van der Waals surface area contributed by atoms with E-state index in [-0.39, 0.29) is 11.8 Å². The molecule has 1 saturated carbocycles. The highest BCUT2D eigenvalue weighted by molar-refractivity contribution is 5.93. The van der Waals surface area contributed by atoms with E-state index in [9.17, 15) is 4.79 Å². The maximum atomic E-state index is 11.9. The normalized spacial score (nSPS) is 18.0. The number of benzene rings is 1. The number of amides is 1. The highest BCUT2D eigenvalue weighted by Gasteiger charge is 2.31. The van der Waals surface area contributed by atoms with Gasteiger partial charge in [0, 0.05) is 31.1 Å². The van der Waals surface area contributed by atoms with E-state index < -0.39 is 0 Å². The van der Waals surface area contributed by atoms with E-state index in [1.165, 1.54) is 11.1 Å². The van der Waals surface area contributed by atoms with Crippen molar-refractivity contribution in [2.24, 2.45) is 5.92 Å². The van der Waals surface area contributed by atoms with Crippen molar-refractivity contribution in [3.8, 4) is 0 Å². The number of carbonyl (C=O) groups excluding carboxylic acids is 1. The monoisotopic (exact) mass is 296 g/mol. The molecule has 2 aliphatic rings. The fourth-order valence-corrected chi connectivity index (χ4v) is 3.02. The first kappa shape index (κ1) is 13.5. The second kappa shape index (κ2) is 5.57. The molecule has 5 nitrogen and oxygen atoms in total. The van der Waals surface area contributed by atoms with Crippen LogP contribution in [0.5, 0.6) is 0 Å². The predicted octanol–water partition coefficient (Wildman–Crippen LogP) is 2.32. The summed E-state index contributed by atoms with van der Waals surface area (Å²) in [5.74, 6) is 1.08. The van der Waals surface area contributed by atoms with Crippen LogP contribution in [0.3, 0.4) is 0 Å². The molecule has 0 bridgehead atoms. The third kappa shape index (κ3) is 2.76. The largest absolute Gasteiger partial charge is 0.309 e. The van der Waals surface area contributed by atoms with Gasteiger partial charge in [-0.2, -0.15) is 5.10 Å². The van der Waals surface area contributed by atoms with Gasteiger partial charge in [0.05, 0.1) is 5.69 Å². The lowest BCUT2D eigenvalue weighted by Gasteiger charge is -2.26. The summed E-state index contributed by atoms with van der Waals surface area (Å²) >= 11 is 0. The lowest BCUT2D eigenvalue weighted by molar-refractivity contribution is -0.117. The summed E-state index contributed by atoms with van der Waals surface area (Å²) in [6.45, 7) is 2.80. The van der Waals surface area contributed by atoms with Crippen LogP contribution in [0.2, 0.25) is 0 Å². The van der Waals surface area contributed by atoms with Crippen molar-refractivity contribution in [3.63, 3.8) is 0 Å². The summed E-state index contributed by atoms with van der Waals surface area (Å²) in [6.07, 6.45) is 2.96. The highest BCUT2D eigenvalue weighted by Crippen LogP contribution is 2.31. The van der Waals surface area contributed by atoms with Gasteiger partial charge in [-0.15, -0.1) is 0 Å². The SMILES string of the molecule is O=C(Nc1n[nH]c2c1CCN(Cc1ccccc1)C2)C1CC1. The maximum Gasteiger partial charge on any atom is 0.228 e. The summed E-state index contributed by atoms with van der Waals surface area (Å²) in [7, 11) is 0. The number of hydrogen-bond donors (Lipinski definition) is 2. The van der Waals surface area contributed by atoms with Crippen LogP contribution in [0.25, 0.3) is 0 Å². The minimum absolute atomic E-state index is 0.126. The van der Waals surface area contributed by atoms with Gasteiger partial charge < -0.3 is 5.32 Å². The van der Waals surface area contributed by atoms with E-state index in [2.05, 4.69) is 44.7 Å². The Morgan fingerprint density at radius 2 is 2.14 bits per heavy atom. The lowest BCUT2D eigenvalue weighted by atomic mass is 10.1. The summed E-state index contributed by atoms with van der Waals surface area (Å²) in [5.41, 5.74) is 3.64. The summed E-state index contributed by atoms with van der Waals surface area (Å²) < 4.78 is 0. The Balaban J connectivity index is 1.43. The van der Waals surface area contributed by atoms with Crippen molar-refractivity contribution in [2.75, 3.05) is 11.9 Å². The Morgan fingerprint density at radius 1 is 1.32 bits per heavy atom. The topological polar surface area (TPSA) is 61.0 Å². The molecule has 1 fully saturated rings. The summed E-state index contributed by atoms with van der Waals surface area (Å²) in [4.78, 5) is 14.3. The molecule has 4 rings (SSSR count). The van der Waals surface area contributed by atoms with E-state index >= 15 is 0 Å². The second-order valence-electron chi connectivity index (χ2n) is 6.24. The molecule has 5 heteroatoms. The van der Waals surface area contributed by atoms with Crippen LogP contribution in [0.15, 0.2) is 30.3 Å². The third-order valence-corrected chi connectivity index (χ3v) is 4.45. The lowest BCUT2D eigenvalue weighted by Crippen LogP contribution is -2.30. The van der Waals surface area contributed by atoms with E-state index in [0.29, 0.717) is 0 Å². The zero-order valence-electron chi connectivity index (χ0n) is 12.5. The molecule has 1 aromatic heterocycles. The molecule has 1 aromatic carbocycles. The maximum absolute atomic E-state index is 11.9. The second-order valence-corrected chi connectivity index (χ2v) is 6.24. The third-order valence-electron chi connectivity index (χ3n) is 4.45. The van der Waals surface area contributed by atoms with Crippen molar-refractivity contribution < 1.29 is 4.79 Å². The Hall–Kier alpha value is -2.14. The molecule has 0 radical (unpaired) electrons. The number of aromatic amines is 1. The van der Waals surface area contributed by atoms with Crippen molar-refractivity contribution in [3.05, 3.63) is 47.2 Å². The molecule has 0 spiro atoms. The van der Waals surface area contributed by atoms with Crippen LogP contribution in [-0.4, -0.2) is 27.5 Å². The quantitative estimate of drug-likeness (QED) is 0.910. The van der Waals surface area contributed by atoms with E-state index in [1.807, 2.05) is 6.07 Å². The van der Waals surface area contributed by atoms with Crippen molar-refractivity contribution in [1.29, 1.82) is 0 Å². The van der Waals surface area contributed by atoms with Crippen LogP contribution in [0.4, 0.5) is 5.82 Å². The number of fused-ring (bicyclic) bond motifs is 1. The molecule has 114 valence electrons. The van der Waals surface area contributed by atoms with Gasteiger partial charge in [0.15, 0.2) is 5.82 Å². The van der Waals surface area contributed by atoms with Crippen LogP contribution in [-0.2, 0) is 24.3 Å². The zero-order valence-corrected chi connectivity index (χ0v) is 12.5. The van der Waals surface area contributed by atoms with Crippen LogP contribution in [0.1, 0.15) is 29.7 Å². The average molecular weight is 296 g/mol. The number of nitrogens with zero attached hydrogens (tertiary/aromatic N) is 2. The molecule has 1 aliphatic carbocycles. The first-order chi connectivity index (χ1) is 10.8. The zero-order chi connectivity index (χ0) is 14.9. The van der Waals surface area contributed by atoms with Crippen molar-refractivity contribution in [1.82, 2.24) is 15.1 Å². The smallest absolute Gasteiger partial charge is 0.228 e. The van der Waals surface area contributed by atoms with E-state index in [4.69, 9.17) is 0 Å². The standard InChI is InChI=1S/C17H20N4O/c22-17(13-6-7-13)18-16-14-8-9-21(11-15(14)19-20-16)10-12-4-2-1-3-5-12/h1-5,13H,6-11H2,(H2,18,19,20,22). The molecule has 22 heavy (non-hydrogen) atoms. The van der Waals surface area contributed by atoms with Gasteiger partial charge in [0.25, 0.3) is 0 Å². The van der Waals surface area contributed by atoms with Crippen LogP contribution < -0.4 is 5.32 Å². The number of hydrogen-bond acceptors (Lipinski definition) is 3. The Morgan fingerprint density at radius 3 is 2.91 bits per heavy atom. The Labute approximate surface area is 129 Å². The number of anilines is 1. The number of aromatic nitrogens is 2. The minimum Gasteiger partial charge on any atom is -0.309 e. The molecule has 1 amide bonds. The van der Waals surface area contributed by atoms with Gasteiger partial charge in [-0.25, -0.2) is 0 Å². The molecular weight excluding hydrogens is 276 g/mol. The van der Waals surface area contributed by atoms with E-state index in [1.54, 1.807) is 0 Å². The predicted molar refractivity (Wildman–Crippen MR) is 84.2 cm³/mol. The molecule has 1 aliphatic heterocycles. The first-order valence-corrected chi connectivity index (χ1v) is 7.93. The van der Waals surface area contributed by atoms with Gasteiger partial charge in [-0.1, -0.05) is 30.3 Å². The fraction of sp³-hybridized carbons (Fsp3) is 0.412. The molecule has 2 aromatic rings. The molecule has 2 N–H and O–H groups in total. The Bertz CT molecular complexity index is 675. The minimum atomic E-state index is 0.126. The summed E-state index contributed by atoms with van der Waals surface area (Å²) in [5, 5.41) is 10.4. The molecule has 2 heterocycles. The van der Waals surface area contributed by atoms with Gasteiger partial charge in [-0.3, -0.25) is 14.8 Å². The number of rotatable bonds is 4. The van der Waals surface area contributed by atoms with Crippen molar-refractivity contribution in [2.45, 2.75) is 32.4 Å². The summed E-state index contributed by atoms with van der Waals surface area (Å²) in [6, 6.07) is 10.5. The molecule has 0 atom stereocenters. The van der Waals surface area contributed by atoms with Gasteiger partial charge in [0.1, 0.15) is 0 Å². The van der Waals surface area contributed by atoms with Gasteiger partial charge in [0.2, 0.25) is 5.91 Å².